The maximum absolute atomic E-state index is 11.3. The SMILES string of the molecule is COC(=O)/C=C/c1ccccc1N1CN1C1CCCCC1. The molecule has 0 bridgehead atoms. The minimum Gasteiger partial charge on any atom is -0.466 e. The van der Waals surface area contributed by atoms with Crippen LogP contribution in [0, 0.1) is 0 Å². The second-order valence-electron chi connectivity index (χ2n) is 5.69. The monoisotopic (exact) mass is 286 g/mol. The van der Waals surface area contributed by atoms with Gasteiger partial charge < -0.3 is 4.74 Å². The van der Waals surface area contributed by atoms with Gasteiger partial charge in [0.1, 0.15) is 6.67 Å². The maximum atomic E-state index is 11.3. The van der Waals surface area contributed by atoms with Crippen molar-refractivity contribution >= 4 is 17.7 Å². The number of carbonyl (C=O) groups is 1. The van der Waals surface area contributed by atoms with Crippen molar-refractivity contribution in [3.05, 3.63) is 35.9 Å². The highest BCUT2D eigenvalue weighted by atomic mass is 16.5. The highest BCUT2D eigenvalue weighted by molar-refractivity contribution is 5.88. The second-order valence-corrected chi connectivity index (χ2v) is 5.69. The van der Waals surface area contributed by atoms with Gasteiger partial charge in [0.05, 0.1) is 12.8 Å². The third-order valence-corrected chi connectivity index (χ3v) is 4.32. The van der Waals surface area contributed by atoms with Crippen molar-refractivity contribution in [3.63, 3.8) is 0 Å². The van der Waals surface area contributed by atoms with Crippen LogP contribution in [-0.4, -0.2) is 30.8 Å². The predicted octanol–water partition coefficient (Wildman–Crippen LogP) is 3.20. The van der Waals surface area contributed by atoms with E-state index in [4.69, 9.17) is 0 Å². The fourth-order valence-corrected chi connectivity index (χ4v) is 3.10. The van der Waals surface area contributed by atoms with Crippen LogP contribution < -0.4 is 5.01 Å². The molecule has 2 fully saturated rings. The van der Waals surface area contributed by atoms with Gasteiger partial charge in [0.25, 0.3) is 0 Å². The zero-order valence-corrected chi connectivity index (χ0v) is 12.5. The number of rotatable bonds is 4. The van der Waals surface area contributed by atoms with E-state index in [-0.39, 0.29) is 5.97 Å². The number of methoxy groups -OCH3 is 1. The Hall–Kier alpha value is -1.81. The molecule has 1 aromatic carbocycles. The third kappa shape index (κ3) is 3.27. The summed E-state index contributed by atoms with van der Waals surface area (Å²) in [7, 11) is 1.40. The van der Waals surface area contributed by atoms with E-state index in [9.17, 15) is 4.79 Å². The molecule has 3 rings (SSSR count). The highest BCUT2D eigenvalue weighted by Crippen LogP contribution is 2.36. The van der Waals surface area contributed by atoms with E-state index < -0.39 is 0 Å². The molecule has 1 aromatic rings. The van der Waals surface area contributed by atoms with E-state index in [1.165, 1.54) is 51.0 Å². The predicted molar refractivity (Wildman–Crippen MR) is 83.6 cm³/mol. The molecule has 1 unspecified atom stereocenters. The average molecular weight is 286 g/mol. The summed E-state index contributed by atoms with van der Waals surface area (Å²) in [6, 6.07) is 8.87. The number of hydrogen-bond donors (Lipinski definition) is 0. The number of para-hydroxylation sites is 1. The fourth-order valence-electron chi connectivity index (χ4n) is 3.10. The standard InChI is InChI=1S/C17H22N2O2/c1-21-17(20)12-11-14-7-5-6-10-16(14)19-13-18(19)15-8-3-2-4-9-15/h5-7,10-12,15H,2-4,8-9,13H2,1H3/b12-11+. The van der Waals surface area contributed by atoms with Crippen LogP contribution in [0.3, 0.4) is 0 Å². The van der Waals surface area contributed by atoms with Gasteiger partial charge in [-0.15, -0.1) is 0 Å². The molecule has 0 amide bonds. The Balaban J connectivity index is 1.71. The molecule has 1 heterocycles. The lowest BCUT2D eigenvalue weighted by Gasteiger charge is -2.23. The summed E-state index contributed by atoms with van der Waals surface area (Å²) in [5, 5.41) is 4.76. The summed E-state index contributed by atoms with van der Waals surface area (Å²) in [6.07, 6.45) is 9.99. The molecule has 4 heteroatoms. The topological polar surface area (TPSA) is 32.3 Å². The van der Waals surface area contributed by atoms with Crippen LogP contribution in [0.4, 0.5) is 5.69 Å². The number of hydrogen-bond acceptors (Lipinski definition) is 4. The molecule has 0 aromatic heterocycles. The normalized spacial score (nSPS) is 22.5. The first-order valence-electron chi connectivity index (χ1n) is 7.69. The Morgan fingerprint density at radius 2 is 2.00 bits per heavy atom. The molecule has 4 nitrogen and oxygen atoms in total. The average Bonchev–Trinajstić information content (AvgIpc) is 3.34. The molecule has 1 saturated heterocycles. The molecule has 0 spiro atoms. The number of carbonyl (C=O) groups excluding carboxylic acids is 1. The van der Waals surface area contributed by atoms with Crippen molar-refractivity contribution in [2.24, 2.45) is 0 Å². The molecule has 0 radical (unpaired) electrons. The lowest BCUT2D eigenvalue weighted by molar-refractivity contribution is -0.134. The number of nitrogens with zero attached hydrogens (tertiary/aromatic N) is 2. The Labute approximate surface area is 126 Å². The molecule has 112 valence electrons. The number of hydrazine groups is 1. The van der Waals surface area contributed by atoms with E-state index in [1.807, 2.05) is 24.3 Å². The van der Waals surface area contributed by atoms with Crippen LogP contribution in [0.1, 0.15) is 37.7 Å². The van der Waals surface area contributed by atoms with Gasteiger partial charge in [-0.1, -0.05) is 37.5 Å². The lowest BCUT2D eigenvalue weighted by atomic mass is 9.96. The Morgan fingerprint density at radius 3 is 2.76 bits per heavy atom. The van der Waals surface area contributed by atoms with E-state index in [0.717, 1.165) is 12.2 Å². The van der Waals surface area contributed by atoms with Crippen LogP contribution in [0.2, 0.25) is 0 Å². The van der Waals surface area contributed by atoms with Gasteiger partial charge in [-0.25, -0.2) is 4.79 Å². The van der Waals surface area contributed by atoms with Gasteiger partial charge in [0.2, 0.25) is 0 Å². The third-order valence-electron chi connectivity index (χ3n) is 4.32. The Morgan fingerprint density at radius 1 is 1.24 bits per heavy atom. The van der Waals surface area contributed by atoms with Crippen LogP contribution in [0.15, 0.2) is 30.3 Å². The van der Waals surface area contributed by atoms with E-state index in [2.05, 4.69) is 20.8 Å². The lowest BCUT2D eigenvalue weighted by Crippen LogP contribution is -2.25. The van der Waals surface area contributed by atoms with Crippen molar-refractivity contribution in [1.29, 1.82) is 0 Å². The number of anilines is 1. The van der Waals surface area contributed by atoms with E-state index in [1.54, 1.807) is 0 Å². The van der Waals surface area contributed by atoms with Crippen LogP contribution in [0.25, 0.3) is 6.08 Å². The largest absolute Gasteiger partial charge is 0.466 e. The molecular weight excluding hydrogens is 264 g/mol. The van der Waals surface area contributed by atoms with Crippen molar-refractivity contribution < 1.29 is 9.53 Å². The van der Waals surface area contributed by atoms with Crippen molar-refractivity contribution in [3.8, 4) is 0 Å². The molecule has 1 atom stereocenters. The van der Waals surface area contributed by atoms with Gasteiger partial charge in [0, 0.05) is 12.1 Å². The molecule has 1 saturated carbocycles. The van der Waals surface area contributed by atoms with Gasteiger partial charge in [-0.3, -0.25) is 5.01 Å². The van der Waals surface area contributed by atoms with Crippen molar-refractivity contribution in [2.45, 2.75) is 38.1 Å². The minimum atomic E-state index is -0.320. The first-order chi connectivity index (χ1) is 10.3. The zero-order valence-electron chi connectivity index (χ0n) is 12.5. The van der Waals surface area contributed by atoms with Crippen LogP contribution in [0.5, 0.6) is 0 Å². The smallest absolute Gasteiger partial charge is 0.330 e. The number of esters is 1. The first kappa shape index (κ1) is 14.1. The van der Waals surface area contributed by atoms with Crippen molar-refractivity contribution in [2.75, 3.05) is 18.8 Å². The summed E-state index contributed by atoms with van der Waals surface area (Å²) < 4.78 is 4.65. The second kappa shape index (κ2) is 6.31. The van der Waals surface area contributed by atoms with Gasteiger partial charge >= 0.3 is 5.97 Å². The maximum Gasteiger partial charge on any atom is 0.330 e. The highest BCUT2D eigenvalue weighted by Gasteiger charge is 2.38. The first-order valence-corrected chi connectivity index (χ1v) is 7.69. The van der Waals surface area contributed by atoms with Gasteiger partial charge in [0.15, 0.2) is 0 Å². The summed E-state index contributed by atoms with van der Waals surface area (Å²) in [5.41, 5.74) is 2.23. The molecule has 2 aliphatic rings. The van der Waals surface area contributed by atoms with E-state index in [0.29, 0.717) is 6.04 Å². The molecule has 1 aliphatic carbocycles. The van der Waals surface area contributed by atoms with Crippen LogP contribution in [-0.2, 0) is 9.53 Å². The molecule has 0 N–H and O–H groups in total. The quantitative estimate of drug-likeness (QED) is 0.483. The van der Waals surface area contributed by atoms with Crippen molar-refractivity contribution in [1.82, 2.24) is 5.01 Å². The number of benzene rings is 1. The zero-order chi connectivity index (χ0) is 14.7. The molecule has 21 heavy (non-hydrogen) atoms. The number of ether oxygens (including phenoxy) is 1. The van der Waals surface area contributed by atoms with Gasteiger partial charge in [-0.2, -0.15) is 5.01 Å². The van der Waals surface area contributed by atoms with E-state index >= 15 is 0 Å². The minimum absolute atomic E-state index is 0.320. The Kier molecular flexibility index (Phi) is 4.25. The van der Waals surface area contributed by atoms with Gasteiger partial charge in [-0.05, 0) is 30.5 Å². The molecular formula is C17H22N2O2. The summed E-state index contributed by atoms with van der Waals surface area (Å²) >= 11 is 0. The van der Waals surface area contributed by atoms with Crippen LogP contribution >= 0.6 is 0 Å². The summed E-state index contributed by atoms with van der Waals surface area (Å²) in [6.45, 7) is 0.994. The fraction of sp³-hybridized carbons (Fsp3) is 0.471. The Bertz CT molecular complexity index is 535. The molecule has 1 aliphatic heterocycles. The summed E-state index contributed by atoms with van der Waals surface area (Å²) in [5.74, 6) is -0.320. The summed E-state index contributed by atoms with van der Waals surface area (Å²) in [4.78, 5) is 11.3.